The van der Waals surface area contributed by atoms with Crippen LogP contribution < -0.4 is 10.6 Å². The Labute approximate surface area is 195 Å². The number of rotatable bonds is 9. The minimum atomic E-state index is -0.0340. The van der Waals surface area contributed by atoms with Gasteiger partial charge in [-0.05, 0) is 44.6 Å². The average molecular weight is 445 g/mol. The minimum Gasteiger partial charge on any atom is -0.366 e. The van der Waals surface area contributed by atoms with E-state index in [0.29, 0.717) is 31.3 Å². The maximum atomic E-state index is 12.9. The third-order valence-electron chi connectivity index (χ3n) is 5.79. The van der Waals surface area contributed by atoms with Crippen molar-refractivity contribution >= 4 is 17.7 Å². The van der Waals surface area contributed by atoms with Gasteiger partial charge < -0.3 is 20.4 Å². The lowest BCUT2D eigenvalue weighted by Crippen LogP contribution is -2.31. The summed E-state index contributed by atoms with van der Waals surface area (Å²) in [5.41, 5.74) is 4.90. The molecule has 0 fully saturated rings. The fourth-order valence-electron chi connectivity index (χ4n) is 3.85. The first-order valence-electron chi connectivity index (χ1n) is 11.4. The van der Waals surface area contributed by atoms with Crippen LogP contribution in [0.25, 0.3) is 11.1 Å². The molecule has 4 rings (SSSR count). The molecule has 1 aliphatic heterocycles. The van der Waals surface area contributed by atoms with Crippen molar-refractivity contribution in [3.8, 4) is 11.1 Å². The van der Waals surface area contributed by atoms with Crippen molar-refractivity contribution in [2.45, 2.75) is 33.0 Å². The van der Waals surface area contributed by atoms with E-state index in [1.54, 1.807) is 0 Å². The van der Waals surface area contributed by atoms with Crippen LogP contribution in [0.15, 0.2) is 54.6 Å². The van der Waals surface area contributed by atoms with Crippen molar-refractivity contribution in [1.29, 1.82) is 0 Å². The maximum absolute atomic E-state index is 12.9. The molecule has 2 aromatic carbocycles. The van der Waals surface area contributed by atoms with Crippen LogP contribution in [0.4, 0.5) is 11.8 Å². The van der Waals surface area contributed by atoms with E-state index in [-0.39, 0.29) is 11.9 Å². The number of hydrogen-bond acceptors (Lipinski definition) is 6. The molecule has 7 nitrogen and oxygen atoms in total. The van der Waals surface area contributed by atoms with Gasteiger partial charge in [-0.1, -0.05) is 54.6 Å². The largest absolute Gasteiger partial charge is 0.366 e. The number of nitrogens with one attached hydrogen (secondary N) is 2. The Hall–Kier alpha value is -3.45. The van der Waals surface area contributed by atoms with Gasteiger partial charge in [-0.25, -0.2) is 4.98 Å². The quantitative estimate of drug-likeness (QED) is 0.518. The summed E-state index contributed by atoms with van der Waals surface area (Å²) in [4.78, 5) is 26.1. The van der Waals surface area contributed by atoms with Crippen molar-refractivity contribution in [3.05, 3.63) is 71.4 Å². The highest BCUT2D eigenvalue weighted by Gasteiger charge is 2.34. The fraction of sp³-hybridized carbons (Fsp3) is 0.346. The van der Waals surface area contributed by atoms with Crippen LogP contribution in [0.5, 0.6) is 0 Å². The van der Waals surface area contributed by atoms with Crippen LogP contribution in [0.3, 0.4) is 0 Å². The van der Waals surface area contributed by atoms with Gasteiger partial charge in [0.05, 0.1) is 6.54 Å². The molecule has 7 heteroatoms. The van der Waals surface area contributed by atoms with Crippen LogP contribution in [0, 0.1) is 0 Å². The summed E-state index contributed by atoms with van der Waals surface area (Å²) in [7, 11) is 4.04. The van der Waals surface area contributed by atoms with Crippen molar-refractivity contribution in [3.63, 3.8) is 0 Å². The molecule has 0 aliphatic carbocycles. The van der Waals surface area contributed by atoms with Gasteiger partial charge in [-0.3, -0.25) is 4.79 Å². The Kier molecular flexibility index (Phi) is 6.89. The second-order valence-electron chi connectivity index (χ2n) is 8.90. The highest BCUT2D eigenvalue weighted by molar-refractivity contribution is 5.98. The predicted molar refractivity (Wildman–Crippen MR) is 133 cm³/mol. The first kappa shape index (κ1) is 22.7. The van der Waals surface area contributed by atoms with E-state index >= 15 is 0 Å². The van der Waals surface area contributed by atoms with Crippen LogP contribution in [-0.2, 0) is 13.1 Å². The molecule has 33 heavy (non-hydrogen) atoms. The van der Waals surface area contributed by atoms with Gasteiger partial charge in [0.15, 0.2) is 0 Å². The molecule has 2 N–H and O–H groups in total. The highest BCUT2D eigenvalue weighted by atomic mass is 16.2. The molecule has 172 valence electrons. The second-order valence-corrected chi connectivity index (χ2v) is 8.90. The number of nitrogens with zero attached hydrogens (tertiary/aromatic N) is 4. The summed E-state index contributed by atoms with van der Waals surface area (Å²) in [6.45, 7) is 6.74. The third-order valence-corrected chi connectivity index (χ3v) is 5.79. The minimum absolute atomic E-state index is 0.0340. The molecule has 3 aromatic rings. The van der Waals surface area contributed by atoms with E-state index in [4.69, 9.17) is 4.98 Å². The zero-order valence-corrected chi connectivity index (χ0v) is 19.8. The van der Waals surface area contributed by atoms with Gasteiger partial charge in [0.2, 0.25) is 5.95 Å². The number of benzene rings is 2. The van der Waals surface area contributed by atoms with E-state index in [1.165, 1.54) is 11.1 Å². The van der Waals surface area contributed by atoms with Crippen molar-refractivity contribution in [1.82, 2.24) is 19.8 Å². The molecule has 0 spiro atoms. The summed E-state index contributed by atoms with van der Waals surface area (Å²) < 4.78 is 0. The smallest absolute Gasteiger partial charge is 0.273 e. The number of carbonyl (C=O) groups excluding carboxylic acids is 1. The number of anilines is 2. The number of aromatic nitrogens is 2. The van der Waals surface area contributed by atoms with Crippen molar-refractivity contribution < 1.29 is 4.79 Å². The molecule has 0 bridgehead atoms. The molecule has 0 saturated heterocycles. The summed E-state index contributed by atoms with van der Waals surface area (Å²) in [5.74, 6) is 1.17. The Bertz CT molecular complexity index is 1100. The van der Waals surface area contributed by atoms with Gasteiger partial charge >= 0.3 is 0 Å². The van der Waals surface area contributed by atoms with Gasteiger partial charge in [0, 0.05) is 31.2 Å². The van der Waals surface area contributed by atoms with Crippen LogP contribution in [-0.4, -0.2) is 58.9 Å². The van der Waals surface area contributed by atoms with Crippen molar-refractivity contribution in [2.24, 2.45) is 0 Å². The summed E-state index contributed by atoms with van der Waals surface area (Å²) in [5, 5.41) is 6.72. The van der Waals surface area contributed by atoms with Crippen LogP contribution in [0.2, 0.25) is 0 Å². The van der Waals surface area contributed by atoms with Gasteiger partial charge in [-0.15, -0.1) is 0 Å². The average Bonchev–Trinajstić information content (AvgIpc) is 3.15. The van der Waals surface area contributed by atoms with E-state index in [9.17, 15) is 4.79 Å². The first-order valence-corrected chi connectivity index (χ1v) is 11.4. The van der Waals surface area contributed by atoms with Gasteiger partial charge in [0.25, 0.3) is 5.91 Å². The zero-order chi connectivity index (χ0) is 23.4. The lowest BCUT2D eigenvalue weighted by molar-refractivity contribution is 0.0726. The molecule has 0 saturated carbocycles. The molecular formula is C26H32N6O. The number of hydrogen-bond donors (Lipinski definition) is 2. The zero-order valence-electron chi connectivity index (χ0n) is 19.8. The Morgan fingerprint density at radius 3 is 2.33 bits per heavy atom. The first-order chi connectivity index (χ1) is 15.9. The third kappa shape index (κ3) is 5.31. The SMILES string of the molecule is CC(C)N1Cc2c(NCc3ccc(-c4ccccc4)cc3)nc(NCCN(C)C)nc2C1=O. The van der Waals surface area contributed by atoms with E-state index in [2.05, 4.69) is 56.9 Å². The molecule has 1 aliphatic rings. The highest BCUT2D eigenvalue weighted by Crippen LogP contribution is 2.30. The summed E-state index contributed by atoms with van der Waals surface area (Å²) in [6.07, 6.45) is 0. The number of amides is 1. The summed E-state index contributed by atoms with van der Waals surface area (Å²) >= 11 is 0. The molecule has 1 amide bonds. The lowest BCUT2D eigenvalue weighted by atomic mass is 10.0. The normalized spacial score (nSPS) is 13.0. The molecule has 0 unspecified atom stereocenters. The molecule has 0 atom stereocenters. The van der Waals surface area contributed by atoms with E-state index in [0.717, 1.165) is 23.5 Å². The summed E-state index contributed by atoms with van der Waals surface area (Å²) in [6, 6.07) is 19.0. The Morgan fingerprint density at radius 1 is 0.970 bits per heavy atom. The van der Waals surface area contributed by atoms with E-state index < -0.39 is 0 Å². The van der Waals surface area contributed by atoms with Gasteiger partial charge in [-0.2, -0.15) is 4.98 Å². The number of likely N-dealkylation sites (N-methyl/N-ethyl adjacent to an activating group) is 1. The number of carbonyl (C=O) groups is 1. The molecule has 1 aromatic heterocycles. The topological polar surface area (TPSA) is 73.4 Å². The van der Waals surface area contributed by atoms with Gasteiger partial charge in [0.1, 0.15) is 11.5 Å². The lowest BCUT2D eigenvalue weighted by Gasteiger charge is -2.19. The maximum Gasteiger partial charge on any atom is 0.273 e. The van der Waals surface area contributed by atoms with Crippen molar-refractivity contribution in [2.75, 3.05) is 37.8 Å². The molecule has 2 heterocycles. The monoisotopic (exact) mass is 444 g/mol. The standard InChI is InChI=1S/C26H32N6O/c1-18(2)32-17-22-23(25(32)33)29-26(27-14-15-31(3)4)30-24(22)28-16-19-10-12-21(13-11-19)20-8-6-5-7-9-20/h5-13,18H,14-17H2,1-4H3,(H2,27,28,29,30). The number of fused-ring (bicyclic) bond motifs is 1. The Morgan fingerprint density at radius 2 is 1.67 bits per heavy atom. The second kappa shape index (κ2) is 10.0. The van der Waals surface area contributed by atoms with Crippen LogP contribution in [0.1, 0.15) is 35.5 Å². The molecule has 0 radical (unpaired) electrons. The van der Waals surface area contributed by atoms with E-state index in [1.807, 2.05) is 51.0 Å². The predicted octanol–water partition coefficient (Wildman–Crippen LogP) is 4.09. The fourth-order valence-corrected chi connectivity index (χ4v) is 3.85. The van der Waals surface area contributed by atoms with Crippen LogP contribution >= 0.6 is 0 Å². The Balaban J connectivity index is 1.53. The molecular weight excluding hydrogens is 412 g/mol.